The van der Waals surface area contributed by atoms with Crippen LogP contribution in [0.5, 0.6) is 0 Å². The number of aryl methyl sites for hydroxylation is 1. The topological polar surface area (TPSA) is 88.5 Å². The molecule has 0 aromatic carbocycles. The van der Waals surface area contributed by atoms with Crippen LogP contribution in [0.15, 0.2) is 10.5 Å². The maximum atomic E-state index is 11.2. The number of furan rings is 1. The van der Waals surface area contributed by atoms with Crippen molar-refractivity contribution in [3.63, 3.8) is 0 Å². The zero-order valence-corrected chi connectivity index (χ0v) is 9.26. The Kier molecular flexibility index (Phi) is 4.67. The first-order valence-corrected chi connectivity index (χ1v) is 5.63. The second-order valence-electron chi connectivity index (χ2n) is 2.93. The minimum atomic E-state index is -0.352. The number of hydrogen-bond donors (Lipinski definition) is 3. The highest BCUT2D eigenvalue weighted by Crippen LogP contribution is 2.19. The molecule has 84 valence electrons. The number of aliphatic hydroxyl groups excluding tert-OH is 1. The Hall–Kier alpha value is -0.980. The zero-order valence-electron chi connectivity index (χ0n) is 8.45. The fraction of sp³-hybridized carbons (Fsp3) is 0.444. The van der Waals surface area contributed by atoms with Crippen LogP contribution in [-0.4, -0.2) is 23.4 Å². The molecule has 1 aromatic heterocycles. The van der Waals surface area contributed by atoms with Crippen LogP contribution in [0.25, 0.3) is 0 Å². The Balaban J connectivity index is 2.64. The van der Waals surface area contributed by atoms with Gasteiger partial charge in [0.2, 0.25) is 0 Å². The SMILES string of the molecule is Cc1oc(CSCCO)cc1C(=O)NN. The molecule has 15 heavy (non-hydrogen) atoms. The molecule has 4 N–H and O–H groups in total. The third kappa shape index (κ3) is 3.26. The van der Waals surface area contributed by atoms with Gasteiger partial charge in [0.25, 0.3) is 5.91 Å². The fourth-order valence-electron chi connectivity index (χ4n) is 1.16. The number of hydrogen-bond acceptors (Lipinski definition) is 5. The van der Waals surface area contributed by atoms with E-state index >= 15 is 0 Å². The molecule has 1 rings (SSSR count). The lowest BCUT2D eigenvalue weighted by molar-refractivity contribution is 0.0952. The van der Waals surface area contributed by atoms with Gasteiger partial charge in [0.15, 0.2) is 0 Å². The Labute approximate surface area is 92.0 Å². The van der Waals surface area contributed by atoms with Crippen LogP contribution in [-0.2, 0) is 5.75 Å². The van der Waals surface area contributed by atoms with Gasteiger partial charge in [-0.05, 0) is 13.0 Å². The second kappa shape index (κ2) is 5.79. The predicted octanol–water partition coefficient (Wildman–Crippen LogP) is 0.417. The molecule has 0 aliphatic heterocycles. The van der Waals surface area contributed by atoms with Crippen molar-refractivity contribution in [1.82, 2.24) is 5.43 Å². The van der Waals surface area contributed by atoms with E-state index in [9.17, 15) is 4.79 Å². The van der Waals surface area contributed by atoms with Crippen molar-refractivity contribution >= 4 is 17.7 Å². The summed E-state index contributed by atoms with van der Waals surface area (Å²) < 4.78 is 5.37. The van der Waals surface area contributed by atoms with Gasteiger partial charge < -0.3 is 9.52 Å². The van der Waals surface area contributed by atoms with E-state index in [1.807, 2.05) is 0 Å². The van der Waals surface area contributed by atoms with Gasteiger partial charge in [-0.25, -0.2) is 5.84 Å². The van der Waals surface area contributed by atoms with Gasteiger partial charge in [-0.3, -0.25) is 10.2 Å². The van der Waals surface area contributed by atoms with E-state index < -0.39 is 0 Å². The molecule has 0 aliphatic carbocycles. The van der Waals surface area contributed by atoms with Crippen LogP contribution in [0, 0.1) is 6.92 Å². The van der Waals surface area contributed by atoms with E-state index in [-0.39, 0.29) is 12.5 Å². The number of rotatable bonds is 5. The van der Waals surface area contributed by atoms with Crippen molar-refractivity contribution in [3.05, 3.63) is 23.2 Å². The third-order valence-corrected chi connectivity index (χ3v) is 2.78. The minimum absolute atomic E-state index is 0.139. The van der Waals surface area contributed by atoms with E-state index in [0.29, 0.717) is 28.6 Å². The highest BCUT2D eigenvalue weighted by atomic mass is 32.2. The predicted molar refractivity (Wildman–Crippen MR) is 58.3 cm³/mol. The lowest BCUT2D eigenvalue weighted by Crippen LogP contribution is -2.30. The Morgan fingerprint density at radius 2 is 2.47 bits per heavy atom. The lowest BCUT2D eigenvalue weighted by Gasteiger charge is -1.94. The van der Waals surface area contributed by atoms with Gasteiger partial charge in [-0.2, -0.15) is 11.8 Å². The molecular formula is C9H14N2O3S. The molecule has 0 bridgehead atoms. The van der Waals surface area contributed by atoms with E-state index in [2.05, 4.69) is 5.43 Å². The van der Waals surface area contributed by atoms with Crippen molar-refractivity contribution in [2.24, 2.45) is 5.84 Å². The number of nitrogens with one attached hydrogen (secondary N) is 1. The lowest BCUT2D eigenvalue weighted by atomic mass is 10.2. The van der Waals surface area contributed by atoms with Gasteiger partial charge >= 0.3 is 0 Å². The monoisotopic (exact) mass is 230 g/mol. The number of carbonyl (C=O) groups excluding carboxylic acids is 1. The van der Waals surface area contributed by atoms with Crippen LogP contribution < -0.4 is 11.3 Å². The highest BCUT2D eigenvalue weighted by Gasteiger charge is 2.13. The first-order valence-electron chi connectivity index (χ1n) is 4.48. The molecule has 0 radical (unpaired) electrons. The number of carbonyl (C=O) groups is 1. The van der Waals surface area contributed by atoms with Crippen LogP contribution in [0.4, 0.5) is 0 Å². The summed E-state index contributed by atoms with van der Waals surface area (Å²) in [7, 11) is 0. The van der Waals surface area contributed by atoms with Gasteiger partial charge in [0.1, 0.15) is 11.5 Å². The number of nitrogen functional groups attached to an aromatic ring is 1. The summed E-state index contributed by atoms with van der Waals surface area (Å²) in [5.41, 5.74) is 2.51. The van der Waals surface area contributed by atoms with E-state index in [4.69, 9.17) is 15.4 Å². The Morgan fingerprint density at radius 3 is 3.07 bits per heavy atom. The summed E-state index contributed by atoms with van der Waals surface area (Å²) in [4.78, 5) is 11.2. The maximum Gasteiger partial charge on any atom is 0.268 e. The summed E-state index contributed by atoms with van der Waals surface area (Å²) >= 11 is 1.54. The summed E-state index contributed by atoms with van der Waals surface area (Å²) in [6.07, 6.45) is 0. The molecule has 0 saturated carbocycles. The van der Waals surface area contributed by atoms with Crippen LogP contribution in [0.3, 0.4) is 0 Å². The minimum Gasteiger partial charge on any atom is -0.465 e. The summed E-state index contributed by atoms with van der Waals surface area (Å²) in [5.74, 6) is 7.23. The first kappa shape index (κ1) is 12.1. The van der Waals surface area contributed by atoms with Gasteiger partial charge in [0, 0.05) is 5.75 Å². The van der Waals surface area contributed by atoms with Crippen LogP contribution in [0.1, 0.15) is 21.9 Å². The van der Waals surface area contributed by atoms with Gasteiger partial charge in [-0.15, -0.1) is 0 Å². The average Bonchev–Trinajstić information content (AvgIpc) is 2.59. The molecule has 6 heteroatoms. The van der Waals surface area contributed by atoms with Gasteiger partial charge in [0.05, 0.1) is 17.9 Å². The molecule has 0 atom stereocenters. The van der Waals surface area contributed by atoms with Crippen molar-refractivity contribution in [2.45, 2.75) is 12.7 Å². The number of nitrogens with two attached hydrogens (primary N) is 1. The summed E-state index contributed by atoms with van der Waals surface area (Å²) in [6, 6.07) is 1.67. The van der Waals surface area contributed by atoms with Crippen molar-refractivity contribution in [3.8, 4) is 0 Å². The van der Waals surface area contributed by atoms with Gasteiger partial charge in [-0.1, -0.05) is 0 Å². The smallest absolute Gasteiger partial charge is 0.268 e. The van der Waals surface area contributed by atoms with Crippen molar-refractivity contribution in [2.75, 3.05) is 12.4 Å². The number of aliphatic hydroxyl groups is 1. The molecule has 1 heterocycles. The van der Waals surface area contributed by atoms with E-state index in [1.165, 1.54) is 0 Å². The molecular weight excluding hydrogens is 216 g/mol. The van der Waals surface area contributed by atoms with Crippen molar-refractivity contribution < 1.29 is 14.3 Å². The number of hydrazine groups is 1. The number of amides is 1. The third-order valence-electron chi connectivity index (χ3n) is 1.82. The molecule has 0 fully saturated rings. The summed E-state index contributed by atoms with van der Waals surface area (Å²) in [5, 5.41) is 8.60. The molecule has 0 saturated heterocycles. The molecule has 0 aliphatic rings. The van der Waals surface area contributed by atoms with E-state index in [0.717, 1.165) is 0 Å². The molecule has 1 amide bonds. The largest absolute Gasteiger partial charge is 0.465 e. The highest BCUT2D eigenvalue weighted by molar-refractivity contribution is 7.98. The standard InChI is InChI=1S/C9H14N2O3S/c1-6-8(9(13)11-10)4-7(14-6)5-15-3-2-12/h4,12H,2-3,5,10H2,1H3,(H,11,13). The molecule has 0 spiro atoms. The number of thioether (sulfide) groups is 1. The molecule has 5 nitrogen and oxygen atoms in total. The normalized spacial score (nSPS) is 10.3. The maximum absolute atomic E-state index is 11.2. The fourth-order valence-corrected chi connectivity index (χ4v) is 1.77. The quantitative estimate of drug-likeness (QED) is 0.295. The molecule has 1 aromatic rings. The first-order chi connectivity index (χ1) is 7.19. The Bertz CT molecular complexity index is 338. The summed E-state index contributed by atoms with van der Waals surface area (Å²) in [6.45, 7) is 1.85. The van der Waals surface area contributed by atoms with Crippen LogP contribution in [0.2, 0.25) is 0 Å². The van der Waals surface area contributed by atoms with Crippen molar-refractivity contribution in [1.29, 1.82) is 0 Å². The van der Waals surface area contributed by atoms with Crippen LogP contribution >= 0.6 is 11.8 Å². The molecule has 0 unspecified atom stereocenters. The average molecular weight is 230 g/mol. The van der Waals surface area contributed by atoms with E-state index in [1.54, 1.807) is 24.8 Å². The second-order valence-corrected chi connectivity index (χ2v) is 4.04. The zero-order chi connectivity index (χ0) is 11.3. The Morgan fingerprint density at radius 1 is 1.73 bits per heavy atom.